The van der Waals surface area contributed by atoms with E-state index in [4.69, 9.17) is 9.97 Å². The molecule has 0 spiro atoms. The fourth-order valence-corrected chi connectivity index (χ4v) is 4.03. The molecule has 3 rings (SSSR count). The lowest BCUT2D eigenvalue weighted by Gasteiger charge is -2.32. The van der Waals surface area contributed by atoms with Crippen LogP contribution in [0.25, 0.3) is 0 Å². The van der Waals surface area contributed by atoms with Gasteiger partial charge in [-0.15, -0.1) is 0 Å². The highest BCUT2D eigenvalue weighted by atomic mass is 15.1. The van der Waals surface area contributed by atoms with E-state index in [0.29, 0.717) is 11.5 Å². The van der Waals surface area contributed by atoms with Gasteiger partial charge in [-0.1, -0.05) is 46.5 Å². The molecule has 0 atom stereocenters. The summed E-state index contributed by atoms with van der Waals surface area (Å²) in [6.07, 6.45) is 13.6. The Morgan fingerprint density at radius 3 is 2.65 bits per heavy atom. The van der Waals surface area contributed by atoms with Crippen molar-refractivity contribution in [3.8, 4) is 0 Å². The van der Waals surface area contributed by atoms with Crippen LogP contribution in [0.4, 0.5) is 5.82 Å². The predicted molar refractivity (Wildman–Crippen MR) is 96.9 cm³/mol. The first-order valence-corrected chi connectivity index (χ1v) is 9.72. The number of aryl methyl sites for hydroxylation is 2. The topological polar surface area (TPSA) is 37.8 Å². The van der Waals surface area contributed by atoms with Crippen molar-refractivity contribution in [3.05, 3.63) is 17.1 Å². The summed E-state index contributed by atoms with van der Waals surface area (Å²) in [6, 6.07) is 0.627. The number of nitrogens with one attached hydrogen (secondary N) is 1. The molecule has 1 aromatic heterocycles. The Kier molecular flexibility index (Phi) is 5.23. The average molecular weight is 316 g/mol. The van der Waals surface area contributed by atoms with Crippen molar-refractivity contribution in [2.75, 3.05) is 5.32 Å². The molecule has 0 aliphatic heterocycles. The zero-order valence-corrected chi connectivity index (χ0v) is 15.2. The third kappa shape index (κ3) is 4.24. The molecule has 0 unspecified atom stereocenters. The van der Waals surface area contributed by atoms with E-state index in [1.807, 2.05) is 0 Å². The minimum Gasteiger partial charge on any atom is -0.367 e. The van der Waals surface area contributed by atoms with Gasteiger partial charge in [-0.25, -0.2) is 9.97 Å². The summed E-state index contributed by atoms with van der Waals surface area (Å²) in [7, 11) is 0. The van der Waals surface area contributed by atoms with Crippen LogP contribution in [0.5, 0.6) is 0 Å². The maximum Gasteiger partial charge on any atom is 0.133 e. The van der Waals surface area contributed by atoms with Crippen molar-refractivity contribution in [1.82, 2.24) is 9.97 Å². The van der Waals surface area contributed by atoms with Crippen LogP contribution in [-0.2, 0) is 19.3 Å². The molecule has 1 aromatic rings. The van der Waals surface area contributed by atoms with Crippen molar-refractivity contribution >= 4 is 5.82 Å². The van der Waals surface area contributed by atoms with E-state index in [1.165, 1.54) is 68.4 Å². The highest BCUT2D eigenvalue weighted by Gasteiger charge is 2.30. The maximum absolute atomic E-state index is 4.96. The molecule has 1 fully saturated rings. The van der Waals surface area contributed by atoms with Gasteiger partial charge in [0.25, 0.3) is 0 Å². The van der Waals surface area contributed by atoms with Crippen LogP contribution < -0.4 is 5.32 Å². The number of hydrogen-bond acceptors (Lipinski definition) is 3. The lowest BCUT2D eigenvalue weighted by Crippen LogP contribution is -2.27. The van der Waals surface area contributed by atoms with Gasteiger partial charge in [0.1, 0.15) is 11.6 Å². The van der Waals surface area contributed by atoms with Crippen molar-refractivity contribution < 1.29 is 0 Å². The number of fused-ring (bicyclic) bond motifs is 1. The van der Waals surface area contributed by atoms with Crippen LogP contribution in [0.2, 0.25) is 0 Å². The molecule has 2 aliphatic rings. The molecule has 1 N–H and O–H groups in total. The fraction of sp³-hybridized carbons (Fsp3) is 0.800. The van der Waals surface area contributed by atoms with Crippen molar-refractivity contribution in [1.29, 1.82) is 0 Å². The van der Waals surface area contributed by atoms with Gasteiger partial charge in [-0.05, 0) is 43.9 Å². The summed E-state index contributed by atoms with van der Waals surface area (Å²) in [5, 5.41) is 3.79. The Bertz CT molecular complexity index is 530. The number of anilines is 1. The average Bonchev–Trinajstić information content (AvgIpc) is 3.01. The lowest BCUT2D eigenvalue weighted by atomic mass is 9.76. The summed E-state index contributed by atoms with van der Waals surface area (Å²) in [5.41, 5.74) is 3.12. The van der Waals surface area contributed by atoms with Gasteiger partial charge in [-0.3, -0.25) is 0 Å². The highest BCUT2D eigenvalue weighted by Crippen LogP contribution is 2.37. The monoisotopic (exact) mass is 315 g/mol. The number of aromatic nitrogens is 2. The first-order valence-electron chi connectivity index (χ1n) is 9.72. The molecule has 3 nitrogen and oxygen atoms in total. The number of rotatable bonds is 6. The summed E-state index contributed by atoms with van der Waals surface area (Å²) < 4.78 is 0. The predicted octanol–water partition coefficient (Wildman–Crippen LogP) is 5.08. The van der Waals surface area contributed by atoms with Crippen LogP contribution in [0, 0.1) is 5.41 Å². The van der Waals surface area contributed by atoms with E-state index in [1.54, 1.807) is 0 Å². The van der Waals surface area contributed by atoms with E-state index in [0.717, 1.165) is 25.1 Å². The standard InChI is InChI=1S/C20H33N3/c1-4-5-6-11-18-22-17-12-13-20(2,3)14-16(17)19(23-18)21-15-9-7-8-10-15/h15H,4-14H2,1-3H3,(H,21,22,23). The molecular formula is C20H33N3. The molecule has 2 aliphatic carbocycles. The van der Waals surface area contributed by atoms with Crippen molar-refractivity contribution in [2.24, 2.45) is 5.41 Å². The Morgan fingerprint density at radius 2 is 1.91 bits per heavy atom. The van der Waals surface area contributed by atoms with Gasteiger partial charge in [0.15, 0.2) is 0 Å². The summed E-state index contributed by atoms with van der Waals surface area (Å²) in [6.45, 7) is 7.01. The van der Waals surface area contributed by atoms with Crippen LogP contribution in [-0.4, -0.2) is 16.0 Å². The Labute approximate surface area is 141 Å². The molecule has 0 aromatic carbocycles. The van der Waals surface area contributed by atoms with Crippen molar-refractivity contribution in [2.45, 2.75) is 97.4 Å². The van der Waals surface area contributed by atoms with Crippen LogP contribution >= 0.6 is 0 Å². The first-order chi connectivity index (χ1) is 11.1. The van der Waals surface area contributed by atoms with Gasteiger partial charge in [-0.2, -0.15) is 0 Å². The fourth-order valence-electron chi connectivity index (χ4n) is 4.03. The van der Waals surface area contributed by atoms with E-state index < -0.39 is 0 Å². The van der Waals surface area contributed by atoms with Crippen LogP contribution in [0.1, 0.15) is 89.2 Å². The molecule has 0 amide bonds. The minimum atomic E-state index is 0.381. The molecule has 1 heterocycles. The second kappa shape index (κ2) is 7.19. The first kappa shape index (κ1) is 16.7. The SMILES string of the molecule is CCCCCc1nc2c(c(NC3CCCC3)n1)CC(C)(C)CC2. The van der Waals surface area contributed by atoms with E-state index in [-0.39, 0.29) is 0 Å². The maximum atomic E-state index is 4.96. The normalized spacial score (nSPS) is 20.5. The van der Waals surface area contributed by atoms with E-state index >= 15 is 0 Å². The number of hydrogen-bond donors (Lipinski definition) is 1. The molecule has 0 radical (unpaired) electrons. The molecular weight excluding hydrogens is 282 g/mol. The molecule has 0 saturated heterocycles. The lowest BCUT2D eigenvalue weighted by molar-refractivity contribution is 0.311. The summed E-state index contributed by atoms with van der Waals surface area (Å²) in [4.78, 5) is 9.90. The molecule has 23 heavy (non-hydrogen) atoms. The largest absolute Gasteiger partial charge is 0.367 e. The Morgan fingerprint density at radius 1 is 1.13 bits per heavy atom. The van der Waals surface area contributed by atoms with E-state index in [2.05, 4.69) is 26.1 Å². The van der Waals surface area contributed by atoms with E-state index in [9.17, 15) is 0 Å². The number of nitrogens with zero attached hydrogens (tertiary/aromatic N) is 2. The van der Waals surface area contributed by atoms with Gasteiger partial charge in [0.2, 0.25) is 0 Å². The smallest absolute Gasteiger partial charge is 0.133 e. The Balaban J connectivity index is 1.84. The minimum absolute atomic E-state index is 0.381. The van der Waals surface area contributed by atoms with Crippen molar-refractivity contribution in [3.63, 3.8) is 0 Å². The summed E-state index contributed by atoms with van der Waals surface area (Å²) >= 11 is 0. The zero-order chi connectivity index (χ0) is 16.3. The van der Waals surface area contributed by atoms with Crippen LogP contribution in [0.15, 0.2) is 0 Å². The van der Waals surface area contributed by atoms with Gasteiger partial charge in [0.05, 0.1) is 0 Å². The molecule has 1 saturated carbocycles. The van der Waals surface area contributed by atoms with Gasteiger partial charge >= 0.3 is 0 Å². The van der Waals surface area contributed by atoms with Gasteiger partial charge < -0.3 is 5.32 Å². The molecule has 3 heteroatoms. The van der Waals surface area contributed by atoms with Crippen LogP contribution in [0.3, 0.4) is 0 Å². The zero-order valence-electron chi connectivity index (χ0n) is 15.2. The number of unbranched alkanes of at least 4 members (excludes halogenated alkanes) is 2. The molecule has 0 bridgehead atoms. The second-order valence-electron chi connectivity index (χ2n) is 8.34. The third-order valence-corrected chi connectivity index (χ3v) is 5.53. The van der Waals surface area contributed by atoms with Gasteiger partial charge in [0, 0.05) is 23.7 Å². The highest BCUT2D eigenvalue weighted by molar-refractivity contribution is 5.49. The molecule has 128 valence electrons. The summed E-state index contributed by atoms with van der Waals surface area (Å²) in [5.74, 6) is 2.23. The second-order valence-corrected chi connectivity index (χ2v) is 8.34. The quantitative estimate of drug-likeness (QED) is 0.744. The third-order valence-electron chi connectivity index (χ3n) is 5.53. The Hall–Kier alpha value is -1.12.